The number of aliphatic hydroxyl groups is 2. The Morgan fingerprint density at radius 3 is 1.90 bits per heavy atom. The molecular weight excluding hydrogens is 276 g/mol. The number of carbonyl (C=O) groups excluding carboxylic acids is 3. The molecule has 0 aromatic carbocycles. The number of rotatable bonds is 9. The molecule has 0 aromatic rings. The molecule has 0 saturated carbocycles. The van der Waals surface area contributed by atoms with Crippen molar-refractivity contribution in [3.63, 3.8) is 0 Å². The Balaban J connectivity index is 3.79. The summed E-state index contributed by atoms with van der Waals surface area (Å²) in [6.07, 6.45) is -2.85. The first-order valence-corrected chi connectivity index (χ1v) is 5.75. The summed E-state index contributed by atoms with van der Waals surface area (Å²) in [7, 11) is 0. The van der Waals surface area contributed by atoms with E-state index in [1.807, 2.05) is 0 Å². The van der Waals surface area contributed by atoms with Gasteiger partial charge in [-0.3, -0.25) is 19.2 Å². The number of esters is 3. The zero-order chi connectivity index (χ0) is 15.5. The lowest BCUT2D eigenvalue weighted by Gasteiger charge is -2.08. The predicted molar refractivity (Wildman–Crippen MR) is 61.3 cm³/mol. The van der Waals surface area contributed by atoms with Gasteiger partial charge in [0.15, 0.2) is 0 Å². The van der Waals surface area contributed by atoms with Crippen LogP contribution in [-0.2, 0) is 28.7 Å². The fourth-order valence-corrected chi connectivity index (χ4v) is 0.956. The van der Waals surface area contributed by atoms with Gasteiger partial charge in [0.1, 0.15) is 12.7 Å². The fraction of sp³-hybridized carbons (Fsp3) is 0.636. The molecule has 3 N–H and O–H groups in total. The maximum atomic E-state index is 11.1. The van der Waals surface area contributed by atoms with Gasteiger partial charge in [0.25, 0.3) is 0 Å². The van der Waals surface area contributed by atoms with Gasteiger partial charge in [0.2, 0.25) is 0 Å². The van der Waals surface area contributed by atoms with E-state index < -0.39 is 62.5 Å². The SMILES string of the molecule is O=C(O)CCC(=O)OC(=O)CCC(=O)OCC(O)CO. The third-order valence-corrected chi connectivity index (χ3v) is 1.95. The highest BCUT2D eigenvalue weighted by Gasteiger charge is 2.15. The summed E-state index contributed by atoms with van der Waals surface area (Å²) in [5.74, 6) is -3.95. The van der Waals surface area contributed by atoms with Crippen LogP contribution in [0.1, 0.15) is 25.7 Å². The largest absolute Gasteiger partial charge is 0.481 e. The summed E-state index contributed by atoms with van der Waals surface area (Å²) < 4.78 is 8.77. The van der Waals surface area contributed by atoms with Crippen molar-refractivity contribution in [3.05, 3.63) is 0 Å². The molecule has 0 spiro atoms. The van der Waals surface area contributed by atoms with E-state index in [0.717, 1.165) is 0 Å². The molecule has 20 heavy (non-hydrogen) atoms. The number of hydrogen-bond acceptors (Lipinski definition) is 8. The van der Waals surface area contributed by atoms with E-state index in [2.05, 4.69) is 9.47 Å². The Morgan fingerprint density at radius 1 is 0.900 bits per heavy atom. The molecule has 0 heterocycles. The van der Waals surface area contributed by atoms with E-state index in [-0.39, 0.29) is 6.42 Å². The van der Waals surface area contributed by atoms with Gasteiger partial charge in [-0.1, -0.05) is 0 Å². The number of carbonyl (C=O) groups is 4. The van der Waals surface area contributed by atoms with Crippen molar-refractivity contribution < 1.29 is 44.0 Å². The van der Waals surface area contributed by atoms with Gasteiger partial charge in [0.05, 0.1) is 32.3 Å². The molecule has 0 rings (SSSR count). The number of carboxylic acids is 1. The summed E-state index contributed by atoms with van der Waals surface area (Å²) in [5.41, 5.74) is 0. The highest BCUT2D eigenvalue weighted by molar-refractivity contribution is 5.88. The van der Waals surface area contributed by atoms with Crippen molar-refractivity contribution in [1.82, 2.24) is 0 Å². The molecule has 0 radical (unpaired) electrons. The number of carboxylic acid groups (broad SMARTS) is 1. The van der Waals surface area contributed by atoms with E-state index >= 15 is 0 Å². The van der Waals surface area contributed by atoms with Crippen molar-refractivity contribution >= 4 is 23.9 Å². The lowest BCUT2D eigenvalue weighted by molar-refractivity contribution is -0.162. The maximum absolute atomic E-state index is 11.1. The standard InChI is InChI=1S/C11H16O9/c12-5-7(13)6-19-9(16)3-4-11(18)20-10(17)2-1-8(14)15/h7,12-13H,1-6H2,(H,14,15). The van der Waals surface area contributed by atoms with Gasteiger partial charge in [-0.25, -0.2) is 0 Å². The van der Waals surface area contributed by atoms with Gasteiger partial charge in [0, 0.05) is 0 Å². The van der Waals surface area contributed by atoms with Crippen LogP contribution in [0.2, 0.25) is 0 Å². The summed E-state index contributed by atoms with van der Waals surface area (Å²) in [5, 5.41) is 25.7. The third kappa shape index (κ3) is 9.97. The molecule has 0 aliphatic heterocycles. The Labute approximate surface area is 114 Å². The Kier molecular flexibility index (Phi) is 8.88. The van der Waals surface area contributed by atoms with Gasteiger partial charge in [-0.2, -0.15) is 0 Å². The smallest absolute Gasteiger partial charge is 0.314 e. The van der Waals surface area contributed by atoms with E-state index in [1.165, 1.54) is 0 Å². The predicted octanol–water partition coefficient (Wildman–Crippen LogP) is -1.40. The van der Waals surface area contributed by atoms with Crippen molar-refractivity contribution in [2.45, 2.75) is 31.8 Å². The molecule has 1 unspecified atom stereocenters. The van der Waals surface area contributed by atoms with Gasteiger partial charge in [-0.15, -0.1) is 0 Å². The molecule has 0 aromatic heterocycles. The van der Waals surface area contributed by atoms with Crippen molar-refractivity contribution in [2.75, 3.05) is 13.2 Å². The van der Waals surface area contributed by atoms with Crippen LogP contribution in [0.25, 0.3) is 0 Å². The summed E-state index contributed by atoms with van der Waals surface area (Å²) in [4.78, 5) is 43.3. The molecule has 1 atom stereocenters. The average Bonchev–Trinajstić information content (AvgIpc) is 2.40. The highest BCUT2D eigenvalue weighted by Crippen LogP contribution is 2.00. The van der Waals surface area contributed by atoms with Crippen LogP contribution < -0.4 is 0 Å². The number of ether oxygens (including phenoxy) is 2. The Bertz CT molecular complexity index is 363. The molecule has 0 aliphatic rings. The van der Waals surface area contributed by atoms with Crippen LogP contribution in [-0.4, -0.2) is 58.5 Å². The molecule has 9 heteroatoms. The van der Waals surface area contributed by atoms with Crippen molar-refractivity contribution in [1.29, 1.82) is 0 Å². The topological polar surface area (TPSA) is 147 Å². The zero-order valence-corrected chi connectivity index (χ0v) is 10.6. The molecule has 9 nitrogen and oxygen atoms in total. The van der Waals surface area contributed by atoms with Crippen LogP contribution >= 0.6 is 0 Å². The minimum atomic E-state index is -1.19. The highest BCUT2D eigenvalue weighted by atomic mass is 16.6. The van der Waals surface area contributed by atoms with Gasteiger partial charge in [-0.05, 0) is 0 Å². The normalized spacial score (nSPS) is 11.5. The van der Waals surface area contributed by atoms with Crippen LogP contribution in [0, 0.1) is 0 Å². The second kappa shape index (κ2) is 9.87. The number of aliphatic carboxylic acids is 1. The molecule has 114 valence electrons. The first-order chi connectivity index (χ1) is 9.35. The monoisotopic (exact) mass is 292 g/mol. The van der Waals surface area contributed by atoms with Gasteiger partial charge < -0.3 is 24.8 Å². The summed E-state index contributed by atoms with van der Waals surface area (Å²) >= 11 is 0. The van der Waals surface area contributed by atoms with Gasteiger partial charge >= 0.3 is 23.9 Å². The second-order valence-electron chi connectivity index (χ2n) is 3.76. The minimum absolute atomic E-state index is 0.358. The number of hydrogen-bond donors (Lipinski definition) is 3. The Morgan fingerprint density at radius 2 is 1.40 bits per heavy atom. The molecular formula is C11H16O9. The first-order valence-electron chi connectivity index (χ1n) is 5.75. The van der Waals surface area contributed by atoms with Crippen LogP contribution in [0.4, 0.5) is 0 Å². The molecule has 0 amide bonds. The summed E-state index contributed by atoms with van der Waals surface area (Å²) in [6.45, 7) is -0.963. The van der Waals surface area contributed by atoms with E-state index in [4.69, 9.17) is 15.3 Å². The molecule has 0 saturated heterocycles. The van der Waals surface area contributed by atoms with Crippen LogP contribution in [0.15, 0.2) is 0 Å². The number of aliphatic hydroxyl groups excluding tert-OH is 2. The lowest BCUT2D eigenvalue weighted by atomic mass is 10.3. The second-order valence-corrected chi connectivity index (χ2v) is 3.76. The summed E-state index contributed by atoms with van der Waals surface area (Å²) in [6, 6.07) is 0. The van der Waals surface area contributed by atoms with E-state index in [0.29, 0.717) is 0 Å². The van der Waals surface area contributed by atoms with Crippen LogP contribution in [0.5, 0.6) is 0 Å². The van der Waals surface area contributed by atoms with Crippen LogP contribution in [0.3, 0.4) is 0 Å². The quantitative estimate of drug-likeness (QED) is 0.344. The molecule has 0 fully saturated rings. The molecule has 0 bridgehead atoms. The lowest BCUT2D eigenvalue weighted by Crippen LogP contribution is -2.22. The maximum Gasteiger partial charge on any atom is 0.314 e. The fourth-order valence-electron chi connectivity index (χ4n) is 0.956. The van der Waals surface area contributed by atoms with E-state index in [9.17, 15) is 19.2 Å². The van der Waals surface area contributed by atoms with Crippen molar-refractivity contribution in [3.8, 4) is 0 Å². The zero-order valence-electron chi connectivity index (χ0n) is 10.6. The molecule has 0 aliphatic carbocycles. The van der Waals surface area contributed by atoms with Crippen molar-refractivity contribution in [2.24, 2.45) is 0 Å². The first kappa shape index (κ1) is 18.0. The Hall–Kier alpha value is -2.00. The van der Waals surface area contributed by atoms with E-state index in [1.54, 1.807) is 0 Å². The third-order valence-electron chi connectivity index (χ3n) is 1.95. The minimum Gasteiger partial charge on any atom is -0.481 e. The average molecular weight is 292 g/mol.